The van der Waals surface area contributed by atoms with Crippen molar-refractivity contribution in [2.75, 3.05) is 7.05 Å². The Bertz CT molecular complexity index is 1020. The van der Waals surface area contributed by atoms with E-state index in [1.54, 1.807) is 11.9 Å². The molecule has 1 saturated heterocycles. The zero-order valence-electron chi connectivity index (χ0n) is 20.3. The van der Waals surface area contributed by atoms with Crippen molar-refractivity contribution in [3.05, 3.63) is 71.8 Å². The van der Waals surface area contributed by atoms with Crippen molar-refractivity contribution in [1.29, 1.82) is 0 Å². The van der Waals surface area contributed by atoms with Crippen molar-refractivity contribution >= 4 is 11.9 Å². The van der Waals surface area contributed by atoms with Gasteiger partial charge in [-0.2, -0.15) is 0 Å². The molecule has 2 fully saturated rings. The molecule has 34 heavy (non-hydrogen) atoms. The average molecular weight is 458 g/mol. The molecule has 0 spiro atoms. The summed E-state index contributed by atoms with van der Waals surface area (Å²) in [7, 11) is 1.79. The van der Waals surface area contributed by atoms with Crippen molar-refractivity contribution in [1.82, 2.24) is 4.90 Å². The monoisotopic (exact) mass is 457 g/mol. The van der Waals surface area contributed by atoms with Crippen LogP contribution < -0.4 is 0 Å². The van der Waals surface area contributed by atoms with Gasteiger partial charge in [-0.3, -0.25) is 9.59 Å². The van der Waals surface area contributed by atoms with E-state index in [4.69, 9.17) is 4.74 Å². The molecule has 4 heteroatoms. The summed E-state index contributed by atoms with van der Waals surface area (Å²) in [6, 6.07) is 19.8. The van der Waals surface area contributed by atoms with Gasteiger partial charge in [0.2, 0.25) is 5.91 Å². The van der Waals surface area contributed by atoms with Crippen LogP contribution >= 0.6 is 0 Å². The van der Waals surface area contributed by atoms with Crippen molar-refractivity contribution < 1.29 is 14.3 Å². The van der Waals surface area contributed by atoms with Crippen LogP contribution in [0.25, 0.3) is 0 Å². The number of hydrogen-bond donors (Lipinski definition) is 0. The van der Waals surface area contributed by atoms with Crippen LogP contribution in [0.1, 0.15) is 62.7 Å². The summed E-state index contributed by atoms with van der Waals surface area (Å²) in [5, 5.41) is 0. The van der Waals surface area contributed by atoms with Gasteiger partial charge in [0.25, 0.3) is 0 Å². The second-order valence-corrected chi connectivity index (χ2v) is 9.67. The molecule has 4 nitrogen and oxygen atoms in total. The maximum Gasteiger partial charge on any atom is 0.320 e. The zero-order valence-corrected chi connectivity index (χ0v) is 20.3. The highest BCUT2D eigenvalue weighted by atomic mass is 16.5. The average Bonchev–Trinajstić information content (AvgIpc) is 2.96. The molecule has 0 radical (unpaired) electrons. The van der Waals surface area contributed by atoms with E-state index in [0.29, 0.717) is 6.42 Å². The summed E-state index contributed by atoms with van der Waals surface area (Å²) >= 11 is 0. The van der Waals surface area contributed by atoms with Gasteiger partial charge < -0.3 is 9.64 Å². The molecule has 2 aromatic carbocycles. The van der Waals surface area contributed by atoms with E-state index in [2.05, 4.69) is 24.0 Å². The minimum Gasteiger partial charge on any atom is -0.455 e. The Morgan fingerprint density at radius 1 is 0.971 bits per heavy atom. The van der Waals surface area contributed by atoms with E-state index in [-0.39, 0.29) is 23.8 Å². The van der Waals surface area contributed by atoms with Crippen LogP contribution in [-0.4, -0.2) is 29.9 Å². The molecule has 0 aromatic heterocycles. The second-order valence-electron chi connectivity index (χ2n) is 9.67. The van der Waals surface area contributed by atoms with Crippen molar-refractivity contribution in [3.63, 3.8) is 0 Å². The number of nitrogens with zero attached hydrogens (tertiary/aromatic N) is 1. The maximum atomic E-state index is 13.6. The van der Waals surface area contributed by atoms with E-state index in [1.807, 2.05) is 55.5 Å². The number of aryl methyl sites for hydroxylation is 1. The largest absolute Gasteiger partial charge is 0.455 e. The fourth-order valence-corrected chi connectivity index (χ4v) is 5.32. The Balaban J connectivity index is 1.59. The van der Waals surface area contributed by atoms with Gasteiger partial charge in [0.15, 0.2) is 0 Å². The molecule has 1 heterocycles. The first-order chi connectivity index (χ1) is 16.6. The lowest BCUT2D eigenvalue weighted by atomic mass is 9.73. The number of benzene rings is 2. The smallest absolute Gasteiger partial charge is 0.320 e. The molecule has 1 aliphatic heterocycles. The lowest BCUT2D eigenvalue weighted by molar-refractivity contribution is -0.157. The Labute approximate surface area is 203 Å². The summed E-state index contributed by atoms with van der Waals surface area (Å²) in [5.41, 5.74) is 2.15. The molecule has 2 aliphatic rings. The van der Waals surface area contributed by atoms with Crippen LogP contribution in [0.2, 0.25) is 0 Å². The number of cyclic esters (lactones) is 1. The standard InChI is InChI=1S/C30H35NO3/c1-22-28(25-19-10-5-11-20-25)34-30(33)27(29(32)31(22)2)26(24-17-8-4-9-18-24)21-13-12-16-23-14-6-3-7-15-23/h3,5-7,10-11,14-15,19-20,22,24,26-28H,4,8-9,12,16-18H2,1-2H3/t22-,26+,27?,28+/m0/s1. The quantitative estimate of drug-likeness (QED) is 0.334. The van der Waals surface area contributed by atoms with Crippen LogP contribution in [-0.2, 0) is 20.7 Å². The molecule has 4 atom stereocenters. The fourth-order valence-electron chi connectivity index (χ4n) is 5.32. The predicted octanol–water partition coefficient (Wildman–Crippen LogP) is 5.58. The number of likely N-dealkylation sites (N-methyl/N-ethyl adjacent to an activating group) is 1. The third-order valence-electron chi connectivity index (χ3n) is 7.45. The molecule has 4 rings (SSSR count). The minimum absolute atomic E-state index is 0.163. The molecule has 1 amide bonds. The number of esters is 1. The molecule has 1 saturated carbocycles. The van der Waals surface area contributed by atoms with E-state index >= 15 is 0 Å². The Morgan fingerprint density at radius 3 is 2.29 bits per heavy atom. The molecule has 1 unspecified atom stereocenters. The highest BCUT2D eigenvalue weighted by Gasteiger charge is 2.47. The Kier molecular flexibility index (Phi) is 8.06. The van der Waals surface area contributed by atoms with E-state index in [1.165, 1.54) is 12.0 Å². The van der Waals surface area contributed by atoms with Gasteiger partial charge in [-0.25, -0.2) is 0 Å². The van der Waals surface area contributed by atoms with Crippen molar-refractivity contribution in [3.8, 4) is 11.8 Å². The van der Waals surface area contributed by atoms with Gasteiger partial charge in [-0.1, -0.05) is 85.8 Å². The van der Waals surface area contributed by atoms with Crippen molar-refractivity contribution in [2.24, 2.45) is 17.8 Å². The zero-order chi connectivity index (χ0) is 23.9. The first-order valence-corrected chi connectivity index (χ1v) is 12.6. The maximum absolute atomic E-state index is 13.6. The first-order valence-electron chi connectivity index (χ1n) is 12.6. The molecular weight excluding hydrogens is 422 g/mol. The minimum atomic E-state index is -0.867. The fraction of sp³-hybridized carbons (Fsp3) is 0.467. The normalized spacial score (nSPS) is 24.5. The topological polar surface area (TPSA) is 46.6 Å². The number of carbonyl (C=O) groups excluding carboxylic acids is 2. The Morgan fingerprint density at radius 2 is 1.62 bits per heavy atom. The molecule has 0 N–H and O–H groups in total. The molecular formula is C30H35NO3. The van der Waals surface area contributed by atoms with Crippen LogP contribution in [0.3, 0.4) is 0 Å². The van der Waals surface area contributed by atoms with E-state index < -0.39 is 18.0 Å². The van der Waals surface area contributed by atoms with Crippen molar-refractivity contribution in [2.45, 2.75) is 64.0 Å². The van der Waals surface area contributed by atoms with Crippen LogP contribution in [0.4, 0.5) is 0 Å². The molecule has 0 bridgehead atoms. The van der Waals surface area contributed by atoms with E-state index in [9.17, 15) is 9.59 Å². The molecule has 178 valence electrons. The van der Waals surface area contributed by atoms with Gasteiger partial charge in [-0.05, 0) is 43.2 Å². The number of rotatable bonds is 5. The summed E-state index contributed by atoms with van der Waals surface area (Å²) < 4.78 is 6.04. The van der Waals surface area contributed by atoms with Gasteiger partial charge in [0.05, 0.1) is 6.04 Å². The number of ether oxygens (including phenoxy) is 1. The molecule has 2 aromatic rings. The Hall–Kier alpha value is -3.06. The number of hydrogen-bond acceptors (Lipinski definition) is 3. The lowest BCUT2D eigenvalue weighted by Gasteiger charge is -2.32. The van der Waals surface area contributed by atoms with E-state index in [0.717, 1.165) is 37.7 Å². The summed E-state index contributed by atoms with van der Waals surface area (Å²) in [5.74, 6) is 5.22. The van der Waals surface area contributed by atoms with Gasteiger partial charge in [-0.15, -0.1) is 5.92 Å². The highest BCUT2D eigenvalue weighted by Crippen LogP contribution is 2.38. The second kappa shape index (κ2) is 11.4. The first kappa shape index (κ1) is 24.1. The third-order valence-corrected chi connectivity index (χ3v) is 7.45. The molecule has 1 aliphatic carbocycles. The van der Waals surface area contributed by atoms with Gasteiger partial charge >= 0.3 is 5.97 Å². The SMILES string of the molecule is C[C@H]1[C@H](c2ccccc2)OC(=O)C([C@H](C#CCCc2ccccc2)C2CCCCC2)C(=O)N1C. The summed E-state index contributed by atoms with van der Waals surface area (Å²) in [6.07, 6.45) is 6.58. The number of carbonyl (C=O) groups is 2. The van der Waals surface area contributed by atoms with Gasteiger partial charge in [0, 0.05) is 19.4 Å². The predicted molar refractivity (Wildman–Crippen MR) is 134 cm³/mol. The number of amides is 1. The third kappa shape index (κ3) is 5.53. The van der Waals surface area contributed by atoms with Crippen LogP contribution in [0.15, 0.2) is 60.7 Å². The van der Waals surface area contributed by atoms with Gasteiger partial charge in [0.1, 0.15) is 12.0 Å². The lowest BCUT2D eigenvalue weighted by Crippen LogP contribution is -2.44. The highest BCUT2D eigenvalue weighted by molar-refractivity contribution is 5.99. The van der Waals surface area contributed by atoms with Crippen LogP contribution in [0.5, 0.6) is 0 Å². The van der Waals surface area contributed by atoms with Crippen LogP contribution in [0, 0.1) is 29.6 Å². The summed E-state index contributed by atoms with van der Waals surface area (Å²) in [4.78, 5) is 28.8. The summed E-state index contributed by atoms with van der Waals surface area (Å²) in [6.45, 7) is 1.95.